The SMILES string of the molecule is O=C1CSc2ccc(CNCC3CN(CC4Cn5c(=O)ccc6ncc(F)c4c65)CCC3O)nc2N1. The van der Waals surface area contributed by atoms with Gasteiger partial charge < -0.3 is 25.2 Å². The predicted octanol–water partition coefficient (Wildman–Crippen LogP) is 1.54. The van der Waals surface area contributed by atoms with Gasteiger partial charge in [-0.2, -0.15) is 0 Å². The molecule has 3 aromatic rings. The van der Waals surface area contributed by atoms with Crippen molar-refractivity contribution >= 4 is 34.5 Å². The van der Waals surface area contributed by atoms with E-state index in [0.29, 0.717) is 67.3 Å². The highest BCUT2D eigenvalue weighted by molar-refractivity contribution is 8.00. The fraction of sp³-hybridized carbons (Fsp3) is 0.440. The largest absolute Gasteiger partial charge is 0.393 e. The summed E-state index contributed by atoms with van der Waals surface area (Å²) in [6.07, 6.45) is 1.46. The van der Waals surface area contributed by atoms with Crippen molar-refractivity contribution in [3.63, 3.8) is 0 Å². The van der Waals surface area contributed by atoms with E-state index >= 15 is 0 Å². The number of likely N-dealkylation sites (tertiary alicyclic amines) is 1. The number of aliphatic hydroxyl groups excluding tert-OH is 1. The molecule has 1 saturated heterocycles. The number of aliphatic hydroxyl groups is 1. The van der Waals surface area contributed by atoms with Gasteiger partial charge in [0.25, 0.3) is 5.56 Å². The molecule has 3 aromatic heterocycles. The van der Waals surface area contributed by atoms with Crippen LogP contribution < -0.4 is 16.2 Å². The molecule has 0 aromatic carbocycles. The molecule has 3 N–H and O–H groups in total. The van der Waals surface area contributed by atoms with Crippen molar-refractivity contribution in [2.24, 2.45) is 5.92 Å². The Kier molecular flexibility index (Phi) is 6.24. The van der Waals surface area contributed by atoms with Crippen LogP contribution in [-0.4, -0.2) is 68.5 Å². The van der Waals surface area contributed by atoms with Crippen molar-refractivity contribution in [1.29, 1.82) is 0 Å². The molecule has 36 heavy (non-hydrogen) atoms. The first-order chi connectivity index (χ1) is 17.5. The Labute approximate surface area is 211 Å². The molecule has 3 aliphatic heterocycles. The average Bonchev–Trinajstić information content (AvgIpc) is 3.25. The van der Waals surface area contributed by atoms with Gasteiger partial charge in [0.1, 0.15) is 11.6 Å². The molecule has 6 heterocycles. The smallest absolute Gasteiger partial charge is 0.251 e. The number of fused-ring (bicyclic) bond motifs is 1. The monoisotopic (exact) mass is 510 g/mol. The highest BCUT2D eigenvalue weighted by Crippen LogP contribution is 2.35. The molecule has 0 aliphatic carbocycles. The number of carbonyl (C=O) groups excluding carboxylic acids is 1. The van der Waals surface area contributed by atoms with E-state index in [4.69, 9.17) is 0 Å². The number of anilines is 1. The number of nitrogens with one attached hydrogen (secondary N) is 2. The van der Waals surface area contributed by atoms with Gasteiger partial charge in [-0.3, -0.25) is 14.6 Å². The van der Waals surface area contributed by atoms with E-state index in [0.717, 1.165) is 17.1 Å². The van der Waals surface area contributed by atoms with Gasteiger partial charge in [0, 0.05) is 62.7 Å². The fourth-order valence-corrected chi connectivity index (χ4v) is 6.31. The molecular formula is C25H27FN6O3S. The van der Waals surface area contributed by atoms with E-state index < -0.39 is 6.10 Å². The molecule has 0 radical (unpaired) electrons. The van der Waals surface area contributed by atoms with Crippen LogP contribution in [0.4, 0.5) is 10.2 Å². The van der Waals surface area contributed by atoms with Gasteiger partial charge in [-0.15, -0.1) is 11.8 Å². The summed E-state index contributed by atoms with van der Waals surface area (Å²) >= 11 is 1.48. The number of piperidine rings is 1. The lowest BCUT2D eigenvalue weighted by Gasteiger charge is -2.37. The molecule has 0 spiro atoms. The maximum Gasteiger partial charge on any atom is 0.251 e. The van der Waals surface area contributed by atoms with Gasteiger partial charge >= 0.3 is 0 Å². The Morgan fingerprint density at radius 3 is 3.00 bits per heavy atom. The second kappa shape index (κ2) is 9.55. The van der Waals surface area contributed by atoms with E-state index in [-0.39, 0.29) is 29.1 Å². The first-order valence-corrected chi connectivity index (χ1v) is 13.2. The Morgan fingerprint density at radius 2 is 2.11 bits per heavy atom. The number of halogens is 1. The Hall–Kier alpha value is -2.86. The topological polar surface area (TPSA) is 112 Å². The number of hydrogen-bond donors (Lipinski definition) is 3. The van der Waals surface area contributed by atoms with Crippen molar-refractivity contribution in [2.45, 2.75) is 36.4 Å². The number of rotatable bonds is 6. The number of pyridine rings is 3. The van der Waals surface area contributed by atoms with E-state index in [9.17, 15) is 19.1 Å². The van der Waals surface area contributed by atoms with E-state index in [2.05, 4.69) is 25.5 Å². The summed E-state index contributed by atoms with van der Waals surface area (Å²) in [6, 6.07) is 7.07. The Balaban J connectivity index is 1.09. The second-order valence-electron chi connectivity index (χ2n) is 9.73. The molecule has 9 nitrogen and oxygen atoms in total. The quantitative estimate of drug-likeness (QED) is 0.458. The van der Waals surface area contributed by atoms with Crippen LogP contribution in [0.25, 0.3) is 11.0 Å². The molecule has 3 unspecified atom stereocenters. The second-order valence-corrected chi connectivity index (χ2v) is 10.7. The van der Waals surface area contributed by atoms with E-state index in [1.165, 1.54) is 24.0 Å². The number of hydrogen-bond acceptors (Lipinski definition) is 8. The minimum atomic E-state index is -0.423. The van der Waals surface area contributed by atoms with Crippen LogP contribution in [0.5, 0.6) is 0 Å². The molecule has 11 heteroatoms. The number of carbonyl (C=O) groups is 1. The summed E-state index contributed by atoms with van der Waals surface area (Å²) in [4.78, 5) is 36.0. The average molecular weight is 511 g/mol. The van der Waals surface area contributed by atoms with Crippen LogP contribution in [0.2, 0.25) is 0 Å². The lowest BCUT2D eigenvalue weighted by molar-refractivity contribution is -0.113. The molecule has 0 saturated carbocycles. The maximum atomic E-state index is 14.8. The summed E-state index contributed by atoms with van der Waals surface area (Å²) in [5.41, 5.74) is 2.50. The highest BCUT2D eigenvalue weighted by Gasteiger charge is 2.34. The molecule has 3 atom stereocenters. The summed E-state index contributed by atoms with van der Waals surface area (Å²) in [5, 5.41) is 16.8. The van der Waals surface area contributed by atoms with Crippen molar-refractivity contribution in [3.8, 4) is 0 Å². The van der Waals surface area contributed by atoms with Crippen LogP contribution in [0, 0.1) is 11.7 Å². The number of amides is 1. The normalized spacial score (nSPS) is 23.6. The van der Waals surface area contributed by atoms with Gasteiger partial charge in [-0.25, -0.2) is 9.37 Å². The predicted molar refractivity (Wildman–Crippen MR) is 135 cm³/mol. The van der Waals surface area contributed by atoms with Gasteiger partial charge in [-0.1, -0.05) is 0 Å². The van der Waals surface area contributed by atoms with Crippen molar-refractivity contribution in [1.82, 2.24) is 24.8 Å². The zero-order valence-electron chi connectivity index (χ0n) is 19.6. The number of nitrogens with zero attached hydrogens (tertiary/aromatic N) is 4. The van der Waals surface area contributed by atoms with Crippen LogP contribution in [0.15, 0.2) is 40.2 Å². The lowest BCUT2D eigenvalue weighted by Crippen LogP contribution is -2.48. The number of thioether (sulfide) groups is 1. The molecule has 188 valence electrons. The molecule has 1 fully saturated rings. The zero-order valence-corrected chi connectivity index (χ0v) is 20.4. The summed E-state index contributed by atoms with van der Waals surface area (Å²) in [5.74, 6) is 0.478. The molecule has 3 aliphatic rings. The van der Waals surface area contributed by atoms with Crippen LogP contribution in [0.3, 0.4) is 0 Å². The van der Waals surface area contributed by atoms with Crippen molar-refractivity contribution in [3.05, 3.63) is 57.9 Å². The summed E-state index contributed by atoms with van der Waals surface area (Å²) < 4.78 is 16.4. The first kappa shape index (κ1) is 23.5. The first-order valence-electron chi connectivity index (χ1n) is 12.2. The van der Waals surface area contributed by atoms with Gasteiger partial charge in [0.2, 0.25) is 5.91 Å². The molecular weight excluding hydrogens is 483 g/mol. The molecule has 1 amide bonds. The fourth-order valence-electron chi connectivity index (χ4n) is 5.56. The van der Waals surface area contributed by atoms with Crippen LogP contribution in [-0.2, 0) is 17.9 Å². The van der Waals surface area contributed by atoms with E-state index in [1.54, 1.807) is 10.6 Å². The summed E-state index contributed by atoms with van der Waals surface area (Å²) in [7, 11) is 0. The third kappa shape index (κ3) is 4.40. The van der Waals surface area contributed by atoms with Gasteiger partial charge in [0.05, 0.1) is 39.7 Å². The van der Waals surface area contributed by atoms with Crippen LogP contribution >= 0.6 is 11.8 Å². The standard InChI is InChI=1S/C25H27FN6O3S/c26-17-9-28-18-2-4-22(35)32-12-15(23(17)24(18)32)11-31-6-5-19(33)14(10-31)7-27-8-16-1-3-20-25(29-16)30-21(34)13-36-20/h1-4,9,14-15,19,27,33H,5-8,10-13H2,(H,29,30,34). The van der Waals surface area contributed by atoms with E-state index in [1.807, 2.05) is 12.1 Å². The zero-order chi connectivity index (χ0) is 24.8. The maximum absolute atomic E-state index is 14.8. The Bertz CT molecular complexity index is 1400. The highest BCUT2D eigenvalue weighted by atomic mass is 32.2. The van der Waals surface area contributed by atoms with Gasteiger partial charge in [0.15, 0.2) is 0 Å². The van der Waals surface area contributed by atoms with Crippen LogP contribution in [0.1, 0.15) is 23.6 Å². The van der Waals surface area contributed by atoms with Gasteiger partial charge in [-0.05, 0) is 24.6 Å². The van der Waals surface area contributed by atoms with Crippen molar-refractivity contribution in [2.75, 3.05) is 37.2 Å². The third-order valence-electron chi connectivity index (χ3n) is 7.30. The number of aromatic nitrogens is 3. The minimum Gasteiger partial charge on any atom is -0.393 e. The summed E-state index contributed by atoms with van der Waals surface area (Å²) in [6.45, 7) is 3.59. The third-order valence-corrected chi connectivity index (χ3v) is 8.35. The molecule has 0 bridgehead atoms. The van der Waals surface area contributed by atoms with Crippen molar-refractivity contribution < 1.29 is 14.3 Å². The minimum absolute atomic E-state index is 0.0143. The Morgan fingerprint density at radius 1 is 1.22 bits per heavy atom. The lowest BCUT2D eigenvalue weighted by atomic mass is 9.92. The molecule has 6 rings (SSSR count).